The molecule has 0 amide bonds. The molecule has 0 atom stereocenters. The molecule has 0 aliphatic carbocycles. The molecule has 1 aromatic heterocycles. The Kier molecular flexibility index (Phi) is 4.92. The van der Waals surface area contributed by atoms with Crippen LogP contribution in [0, 0.1) is 0 Å². The van der Waals surface area contributed by atoms with Gasteiger partial charge in [0.15, 0.2) is 5.82 Å². The van der Waals surface area contributed by atoms with Crippen molar-refractivity contribution in [3.8, 4) is 22.8 Å². The van der Waals surface area contributed by atoms with Crippen molar-refractivity contribution in [1.82, 2.24) is 15.5 Å². The van der Waals surface area contributed by atoms with E-state index in [-0.39, 0.29) is 0 Å². The molecule has 1 aliphatic rings. The summed E-state index contributed by atoms with van der Waals surface area (Å²) in [5.74, 6) is 2.44. The molecular formula is C17H22N4O2. The Morgan fingerprint density at radius 1 is 1.00 bits per heavy atom. The second kappa shape index (κ2) is 7.28. The zero-order valence-corrected chi connectivity index (χ0v) is 13.6. The maximum absolute atomic E-state index is 5.42. The molecule has 2 heterocycles. The lowest BCUT2D eigenvalue weighted by Gasteiger charge is -2.20. The van der Waals surface area contributed by atoms with Gasteiger partial charge in [0.25, 0.3) is 0 Å². The summed E-state index contributed by atoms with van der Waals surface area (Å²) >= 11 is 0. The van der Waals surface area contributed by atoms with Gasteiger partial charge in [-0.25, -0.2) is 0 Å². The molecule has 0 spiro atoms. The average Bonchev–Trinajstić information content (AvgIpc) is 2.90. The van der Waals surface area contributed by atoms with Crippen LogP contribution in [0.4, 0.5) is 5.82 Å². The van der Waals surface area contributed by atoms with Gasteiger partial charge in [0.2, 0.25) is 0 Å². The van der Waals surface area contributed by atoms with E-state index in [2.05, 4.69) is 20.4 Å². The number of nitrogens with one attached hydrogen (secondary N) is 1. The van der Waals surface area contributed by atoms with E-state index in [0.717, 1.165) is 61.2 Å². The fourth-order valence-corrected chi connectivity index (χ4v) is 2.73. The highest BCUT2D eigenvalue weighted by molar-refractivity contribution is 5.69. The van der Waals surface area contributed by atoms with Gasteiger partial charge in [0, 0.05) is 25.2 Å². The first-order valence-corrected chi connectivity index (χ1v) is 7.83. The summed E-state index contributed by atoms with van der Waals surface area (Å²) in [6.45, 7) is 4.00. The summed E-state index contributed by atoms with van der Waals surface area (Å²) in [6, 6.07) is 9.67. The van der Waals surface area contributed by atoms with E-state index >= 15 is 0 Å². The molecule has 0 bridgehead atoms. The monoisotopic (exact) mass is 314 g/mol. The SMILES string of the molecule is COc1ccc(OC)c(-c2ccc(N3CCCNCC3)nn2)c1. The van der Waals surface area contributed by atoms with Crippen molar-refractivity contribution in [2.24, 2.45) is 0 Å². The third-order valence-corrected chi connectivity index (χ3v) is 4.00. The summed E-state index contributed by atoms with van der Waals surface area (Å²) < 4.78 is 10.7. The van der Waals surface area contributed by atoms with Gasteiger partial charge in [-0.2, -0.15) is 0 Å². The van der Waals surface area contributed by atoms with E-state index in [0.29, 0.717) is 0 Å². The van der Waals surface area contributed by atoms with Crippen LogP contribution < -0.4 is 19.7 Å². The number of hydrogen-bond donors (Lipinski definition) is 1. The van der Waals surface area contributed by atoms with Crippen molar-refractivity contribution in [3.05, 3.63) is 30.3 Å². The highest BCUT2D eigenvalue weighted by Gasteiger charge is 2.13. The third kappa shape index (κ3) is 3.53. The normalized spacial score (nSPS) is 15.1. The van der Waals surface area contributed by atoms with Crippen LogP contribution in [0.3, 0.4) is 0 Å². The van der Waals surface area contributed by atoms with E-state index in [1.165, 1.54) is 0 Å². The number of aromatic nitrogens is 2. The van der Waals surface area contributed by atoms with E-state index in [4.69, 9.17) is 9.47 Å². The molecule has 1 aliphatic heterocycles. The van der Waals surface area contributed by atoms with Gasteiger partial charge in [-0.3, -0.25) is 0 Å². The summed E-state index contributed by atoms with van der Waals surface area (Å²) in [5, 5.41) is 12.2. The topological polar surface area (TPSA) is 59.5 Å². The highest BCUT2D eigenvalue weighted by atomic mass is 16.5. The maximum atomic E-state index is 5.42. The summed E-state index contributed by atoms with van der Waals surface area (Å²) in [7, 11) is 3.30. The first kappa shape index (κ1) is 15.6. The molecule has 1 N–H and O–H groups in total. The summed E-state index contributed by atoms with van der Waals surface area (Å²) in [5.41, 5.74) is 1.65. The van der Waals surface area contributed by atoms with Gasteiger partial charge in [-0.1, -0.05) is 0 Å². The Labute approximate surface area is 136 Å². The standard InChI is InChI=1S/C17H22N4O2/c1-22-13-4-6-16(23-2)14(12-13)15-5-7-17(20-19-15)21-10-3-8-18-9-11-21/h4-7,12,18H,3,8-11H2,1-2H3. The number of rotatable bonds is 4. The van der Waals surface area contributed by atoms with Crippen molar-refractivity contribution in [2.75, 3.05) is 45.3 Å². The van der Waals surface area contributed by atoms with Crippen molar-refractivity contribution in [2.45, 2.75) is 6.42 Å². The molecule has 122 valence electrons. The zero-order valence-electron chi connectivity index (χ0n) is 13.6. The van der Waals surface area contributed by atoms with Crippen LogP contribution in [-0.4, -0.2) is 50.6 Å². The van der Waals surface area contributed by atoms with E-state index < -0.39 is 0 Å². The highest BCUT2D eigenvalue weighted by Crippen LogP contribution is 2.32. The fourth-order valence-electron chi connectivity index (χ4n) is 2.73. The summed E-state index contributed by atoms with van der Waals surface area (Å²) in [4.78, 5) is 2.26. The molecule has 0 unspecified atom stereocenters. The fraction of sp³-hybridized carbons (Fsp3) is 0.412. The molecule has 0 radical (unpaired) electrons. The van der Waals surface area contributed by atoms with Crippen molar-refractivity contribution in [1.29, 1.82) is 0 Å². The minimum Gasteiger partial charge on any atom is -0.497 e. The lowest BCUT2D eigenvalue weighted by molar-refractivity contribution is 0.404. The Hall–Kier alpha value is -2.34. The van der Waals surface area contributed by atoms with Gasteiger partial charge >= 0.3 is 0 Å². The smallest absolute Gasteiger partial charge is 0.151 e. The molecule has 6 heteroatoms. The molecule has 1 aromatic carbocycles. The number of nitrogens with zero attached hydrogens (tertiary/aromatic N) is 3. The summed E-state index contributed by atoms with van der Waals surface area (Å²) in [6.07, 6.45) is 1.12. The van der Waals surface area contributed by atoms with Gasteiger partial charge in [0.1, 0.15) is 11.5 Å². The van der Waals surface area contributed by atoms with Crippen LogP contribution in [0.5, 0.6) is 11.5 Å². The van der Waals surface area contributed by atoms with Gasteiger partial charge in [0.05, 0.1) is 19.9 Å². The quantitative estimate of drug-likeness (QED) is 0.931. The van der Waals surface area contributed by atoms with Crippen molar-refractivity contribution >= 4 is 5.82 Å². The minimum atomic E-state index is 0.756. The van der Waals surface area contributed by atoms with E-state index in [1.807, 2.05) is 30.3 Å². The largest absolute Gasteiger partial charge is 0.497 e. The van der Waals surface area contributed by atoms with Gasteiger partial charge in [-0.15, -0.1) is 10.2 Å². The van der Waals surface area contributed by atoms with Crippen LogP contribution in [0.25, 0.3) is 11.3 Å². The Morgan fingerprint density at radius 2 is 1.91 bits per heavy atom. The van der Waals surface area contributed by atoms with Crippen LogP contribution in [0.2, 0.25) is 0 Å². The van der Waals surface area contributed by atoms with Gasteiger partial charge < -0.3 is 19.7 Å². The number of hydrogen-bond acceptors (Lipinski definition) is 6. The molecule has 6 nitrogen and oxygen atoms in total. The van der Waals surface area contributed by atoms with E-state index in [1.54, 1.807) is 14.2 Å². The zero-order chi connectivity index (χ0) is 16.1. The average molecular weight is 314 g/mol. The lowest BCUT2D eigenvalue weighted by Crippen LogP contribution is -2.28. The number of anilines is 1. The number of methoxy groups -OCH3 is 2. The molecule has 3 rings (SSSR count). The molecule has 0 saturated carbocycles. The predicted octanol–water partition coefficient (Wildman–Crippen LogP) is 1.96. The molecule has 1 fully saturated rings. The first-order chi connectivity index (χ1) is 11.3. The van der Waals surface area contributed by atoms with Crippen LogP contribution in [-0.2, 0) is 0 Å². The molecule has 23 heavy (non-hydrogen) atoms. The second-order valence-electron chi connectivity index (χ2n) is 5.43. The predicted molar refractivity (Wildman–Crippen MR) is 90.3 cm³/mol. The minimum absolute atomic E-state index is 0.756. The van der Waals surface area contributed by atoms with Crippen LogP contribution in [0.1, 0.15) is 6.42 Å². The maximum Gasteiger partial charge on any atom is 0.151 e. The van der Waals surface area contributed by atoms with Gasteiger partial charge in [-0.05, 0) is 43.3 Å². The third-order valence-electron chi connectivity index (χ3n) is 4.00. The Bertz CT molecular complexity index is 638. The molecule has 1 saturated heterocycles. The molecular weight excluding hydrogens is 292 g/mol. The number of benzene rings is 1. The van der Waals surface area contributed by atoms with Crippen molar-refractivity contribution < 1.29 is 9.47 Å². The number of ether oxygens (including phenoxy) is 2. The molecule has 2 aromatic rings. The first-order valence-electron chi connectivity index (χ1n) is 7.83. The second-order valence-corrected chi connectivity index (χ2v) is 5.43. The van der Waals surface area contributed by atoms with Crippen LogP contribution >= 0.6 is 0 Å². The Balaban J connectivity index is 1.87. The van der Waals surface area contributed by atoms with E-state index in [9.17, 15) is 0 Å². The lowest BCUT2D eigenvalue weighted by atomic mass is 10.1. The Morgan fingerprint density at radius 3 is 2.65 bits per heavy atom. The van der Waals surface area contributed by atoms with Crippen LogP contribution in [0.15, 0.2) is 30.3 Å². The van der Waals surface area contributed by atoms with Crippen molar-refractivity contribution in [3.63, 3.8) is 0 Å².